The van der Waals surface area contributed by atoms with E-state index in [1.54, 1.807) is 36.4 Å². The first kappa shape index (κ1) is 18.5. The first-order chi connectivity index (χ1) is 12.6. The zero-order valence-corrected chi connectivity index (χ0v) is 14.8. The van der Waals surface area contributed by atoms with Crippen molar-refractivity contribution in [3.05, 3.63) is 72.3 Å². The summed E-state index contributed by atoms with van der Waals surface area (Å²) in [5, 5.41) is 0. The summed E-state index contributed by atoms with van der Waals surface area (Å²) in [6, 6.07) is 9.97. The molecule has 0 saturated heterocycles. The number of rotatable bonds is 4. The van der Waals surface area contributed by atoms with Crippen molar-refractivity contribution in [3.8, 4) is 22.6 Å². The molecule has 0 fully saturated rings. The number of hydrogen-bond donors (Lipinski definition) is 0. The molecule has 0 saturated carbocycles. The zero-order chi connectivity index (χ0) is 19.9. The Morgan fingerprint density at radius 1 is 0.815 bits per heavy atom. The van der Waals surface area contributed by atoms with Crippen molar-refractivity contribution in [2.75, 3.05) is 0 Å². The average molecular weight is 370 g/mol. The molecule has 0 aliphatic heterocycles. The van der Waals surface area contributed by atoms with Crippen molar-refractivity contribution < 1.29 is 27.8 Å². The molecule has 138 valence electrons. The standard InChI is InChI=1S/C21H16F2O4/c1-11(22)19(24)26-13-5-7-15-16-8-6-14(27-20(25)12(2)23)10-18(16)21(3,4)17(15)9-13/h5-10H,1-2H2,3-4H3. The summed E-state index contributed by atoms with van der Waals surface area (Å²) in [7, 11) is 0. The van der Waals surface area contributed by atoms with Crippen molar-refractivity contribution in [1.82, 2.24) is 0 Å². The maximum atomic E-state index is 12.9. The molecule has 1 aliphatic carbocycles. The number of fused-ring (bicyclic) bond motifs is 3. The van der Waals surface area contributed by atoms with Crippen LogP contribution in [0.15, 0.2) is 61.2 Å². The first-order valence-electron chi connectivity index (χ1n) is 8.04. The van der Waals surface area contributed by atoms with Gasteiger partial charge in [-0.25, -0.2) is 9.59 Å². The quantitative estimate of drug-likeness (QED) is 0.442. The lowest BCUT2D eigenvalue weighted by Gasteiger charge is -2.22. The Labute approximate surface area is 154 Å². The molecule has 3 rings (SSSR count). The van der Waals surface area contributed by atoms with Crippen LogP contribution in [0.25, 0.3) is 11.1 Å². The fourth-order valence-corrected chi connectivity index (χ4v) is 3.15. The van der Waals surface area contributed by atoms with E-state index in [1.165, 1.54) is 0 Å². The molecular formula is C21H16F2O4. The lowest BCUT2D eigenvalue weighted by atomic mass is 9.82. The normalized spacial score (nSPS) is 13.3. The molecule has 2 aromatic carbocycles. The van der Waals surface area contributed by atoms with Crippen LogP contribution in [-0.4, -0.2) is 11.9 Å². The second kappa shape index (κ2) is 6.46. The van der Waals surface area contributed by atoms with Gasteiger partial charge in [0.1, 0.15) is 11.5 Å². The number of ether oxygens (including phenoxy) is 2. The number of benzene rings is 2. The van der Waals surface area contributed by atoms with Gasteiger partial charge in [0.15, 0.2) is 0 Å². The van der Waals surface area contributed by atoms with E-state index in [9.17, 15) is 18.4 Å². The molecule has 0 heterocycles. The minimum absolute atomic E-state index is 0.193. The Balaban J connectivity index is 1.99. The van der Waals surface area contributed by atoms with E-state index in [1.807, 2.05) is 13.8 Å². The molecule has 0 unspecified atom stereocenters. The number of carbonyl (C=O) groups excluding carboxylic acids is 2. The molecule has 0 radical (unpaired) electrons. The largest absolute Gasteiger partial charge is 0.421 e. The number of esters is 2. The molecule has 27 heavy (non-hydrogen) atoms. The third kappa shape index (κ3) is 3.26. The second-order valence-electron chi connectivity index (χ2n) is 6.63. The van der Waals surface area contributed by atoms with E-state index in [0.29, 0.717) is 0 Å². The van der Waals surface area contributed by atoms with E-state index in [2.05, 4.69) is 13.2 Å². The third-order valence-corrected chi connectivity index (χ3v) is 4.48. The molecule has 0 N–H and O–H groups in total. The minimum Gasteiger partial charge on any atom is -0.421 e. The van der Waals surface area contributed by atoms with Crippen LogP contribution in [0.5, 0.6) is 11.5 Å². The molecule has 0 amide bonds. The van der Waals surface area contributed by atoms with Crippen molar-refractivity contribution >= 4 is 11.9 Å². The Hall–Kier alpha value is -3.28. The Morgan fingerprint density at radius 3 is 1.52 bits per heavy atom. The average Bonchev–Trinajstić information content (AvgIpc) is 2.82. The van der Waals surface area contributed by atoms with Gasteiger partial charge < -0.3 is 9.47 Å². The molecule has 1 aliphatic rings. The second-order valence-corrected chi connectivity index (χ2v) is 6.63. The van der Waals surface area contributed by atoms with Crippen LogP contribution in [0.3, 0.4) is 0 Å². The Bertz CT molecular complexity index is 926. The van der Waals surface area contributed by atoms with E-state index in [-0.39, 0.29) is 11.5 Å². The van der Waals surface area contributed by atoms with Crippen LogP contribution >= 0.6 is 0 Å². The maximum Gasteiger partial charge on any atom is 0.371 e. The molecule has 0 bridgehead atoms. The number of halogens is 2. The zero-order valence-electron chi connectivity index (χ0n) is 14.8. The highest BCUT2D eigenvalue weighted by atomic mass is 19.1. The fraction of sp³-hybridized carbons (Fsp3) is 0.143. The molecule has 0 spiro atoms. The highest BCUT2D eigenvalue weighted by molar-refractivity contribution is 5.89. The SMILES string of the molecule is C=C(F)C(=O)Oc1ccc2c(c1)C(C)(C)c1cc(OC(=O)C(=C)F)ccc1-2. The summed E-state index contributed by atoms with van der Waals surface area (Å²) in [6.07, 6.45) is 0. The minimum atomic E-state index is -1.18. The molecule has 0 aromatic heterocycles. The molecule has 0 atom stereocenters. The van der Waals surface area contributed by atoms with Crippen molar-refractivity contribution in [2.45, 2.75) is 19.3 Å². The summed E-state index contributed by atoms with van der Waals surface area (Å²) in [5.74, 6) is -4.27. The van der Waals surface area contributed by atoms with Gasteiger partial charge in [-0.1, -0.05) is 39.1 Å². The monoisotopic (exact) mass is 370 g/mol. The van der Waals surface area contributed by atoms with Gasteiger partial charge in [0, 0.05) is 5.41 Å². The molecule has 2 aromatic rings. The van der Waals surface area contributed by atoms with E-state index in [4.69, 9.17) is 9.47 Å². The summed E-state index contributed by atoms with van der Waals surface area (Å²) in [4.78, 5) is 22.8. The smallest absolute Gasteiger partial charge is 0.371 e. The van der Waals surface area contributed by atoms with E-state index < -0.39 is 29.0 Å². The van der Waals surface area contributed by atoms with Crippen molar-refractivity contribution in [1.29, 1.82) is 0 Å². The van der Waals surface area contributed by atoms with Gasteiger partial charge in [0.25, 0.3) is 0 Å². The van der Waals surface area contributed by atoms with E-state index in [0.717, 1.165) is 22.3 Å². The Kier molecular flexibility index (Phi) is 4.43. The predicted molar refractivity (Wildman–Crippen MR) is 95.8 cm³/mol. The lowest BCUT2D eigenvalue weighted by molar-refractivity contribution is -0.132. The molecular weight excluding hydrogens is 354 g/mol. The summed E-state index contributed by atoms with van der Waals surface area (Å²) < 4.78 is 35.7. The van der Waals surface area contributed by atoms with Gasteiger partial charge in [-0.2, -0.15) is 8.78 Å². The number of carbonyl (C=O) groups is 2. The van der Waals surface area contributed by atoms with Crippen LogP contribution < -0.4 is 9.47 Å². The maximum absolute atomic E-state index is 12.9. The van der Waals surface area contributed by atoms with E-state index >= 15 is 0 Å². The van der Waals surface area contributed by atoms with Crippen LogP contribution in [0.1, 0.15) is 25.0 Å². The third-order valence-electron chi connectivity index (χ3n) is 4.48. The van der Waals surface area contributed by atoms with Gasteiger partial charge in [-0.15, -0.1) is 0 Å². The predicted octanol–water partition coefficient (Wildman–Crippen LogP) is 4.77. The highest BCUT2D eigenvalue weighted by Gasteiger charge is 2.36. The van der Waals surface area contributed by atoms with Crippen LogP contribution in [0, 0.1) is 0 Å². The van der Waals surface area contributed by atoms with Crippen LogP contribution in [0.2, 0.25) is 0 Å². The molecule has 6 heteroatoms. The summed E-state index contributed by atoms with van der Waals surface area (Å²) in [6.45, 7) is 9.71. The highest BCUT2D eigenvalue weighted by Crippen LogP contribution is 2.50. The van der Waals surface area contributed by atoms with Crippen LogP contribution in [0.4, 0.5) is 8.78 Å². The van der Waals surface area contributed by atoms with Crippen LogP contribution in [-0.2, 0) is 15.0 Å². The number of hydrogen-bond acceptors (Lipinski definition) is 4. The Morgan fingerprint density at radius 2 is 1.19 bits per heavy atom. The van der Waals surface area contributed by atoms with Gasteiger partial charge in [-0.05, 0) is 46.5 Å². The van der Waals surface area contributed by atoms with Gasteiger partial charge in [0.05, 0.1) is 0 Å². The lowest BCUT2D eigenvalue weighted by Crippen LogP contribution is -2.16. The van der Waals surface area contributed by atoms with Gasteiger partial charge >= 0.3 is 11.9 Å². The molecule has 4 nitrogen and oxygen atoms in total. The fourth-order valence-electron chi connectivity index (χ4n) is 3.15. The van der Waals surface area contributed by atoms with Gasteiger partial charge in [0.2, 0.25) is 11.7 Å². The summed E-state index contributed by atoms with van der Waals surface area (Å²) in [5.41, 5.74) is 2.99. The van der Waals surface area contributed by atoms with Crippen molar-refractivity contribution in [2.24, 2.45) is 0 Å². The van der Waals surface area contributed by atoms with Gasteiger partial charge in [-0.3, -0.25) is 0 Å². The first-order valence-corrected chi connectivity index (χ1v) is 8.04. The topological polar surface area (TPSA) is 52.6 Å². The summed E-state index contributed by atoms with van der Waals surface area (Å²) >= 11 is 0. The van der Waals surface area contributed by atoms with Crippen molar-refractivity contribution in [3.63, 3.8) is 0 Å².